The zero-order valence-corrected chi connectivity index (χ0v) is 12.1. The highest BCUT2D eigenvalue weighted by atomic mass is 32.2. The molecule has 0 atom stereocenters. The molecule has 0 aliphatic rings. The first-order chi connectivity index (χ1) is 8.33. The first-order valence-corrected chi connectivity index (χ1v) is 8.13. The molecule has 1 rings (SSSR count). The molecular formula is C13H22N2O2S. The number of benzene rings is 1. The van der Waals surface area contributed by atoms with E-state index in [1.807, 2.05) is 24.3 Å². The molecule has 5 heteroatoms. The van der Waals surface area contributed by atoms with E-state index in [0.717, 1.165) is 11.3 Å². The topological polar surface area (TPSA) is 63.4 Å². The molecule has 0 saturated heterocycles. The molecule has 0 aliphatic carbocycles. The van der Waals surface area contributed by atoms with Crippen LogP contribution in [0.5, 0.6) is 0 Å². The molecule has 1 aromatic rings. The zero-order chi connectivity index (χ0) is 13.8. The summed E-state index contributed by atoms with van der Waals surface area (Å²) in [6.07, 6.45) is 1.27. The fourth-order valence-corrected chi connectivity index (χ4v) is 2.30. The Morgan fingerprint density at radius 1 is 1.22 bits per heavy atom. The normalized spacial score (nSPS) is 11.8. The molecule has 0 fully saturated rings. The predicted molar refractivity (Wildman–Crippen MR) is 76.5 cm³/mol. The lowest BCUT2D eigenvalue weighted by Gasteiger charge is -2.29. The molecule has 0 spiro atoms. The average molecular weight is 270 g/mol. The zero-order valence-electron chi connectivity index (χ0n) is 11.3. The Labute approximate surface area is 110 Å². The van der Waals surface area contributed by atoms with Crippen LogP contribution in [-0.4, -0.2) is 33.0 Å². The van der Waals surface area contributed by atoms with Crippen molar-refractivity contribution in [1.29, 1.82) is 0 Å². The van der Waals surface area contributed by atoms with Crippen molar-refractivity contribution in [2.24, 2.45) is 5.73 Å². The second-order valence-corrected chi connectivity index (χ2v) is 7.05. The summed E-state index contributed by atoms with van der Waals surface area (Å²) in [5.74, 6) is 0.170. The Bertz CT molecular complexity index is 466. The quantitative estimate of drug-likeness (QED) is 0.849. The second-order valence-electron chi connectivity index (χ2n) is 4.79. The van der Waals surface area contributed by atoms with Crippen LogP contribution in [0, 0.1) is 0 Å². The summed E-state index contributed by atoms with van der Waals surface area (Å²) in [5, 5.41) is 0. The summed E-state index contributed by atoms with van der Waals surface area (Å²) in [6.45, 7) is 5.14. The highest BCUT2D eigenvalue weighted by Crippen LogP contribution is 2.17. The van der Waals surface area contributed by atoms with Gasteiger partial charge in [-0.05, 0) is 31.5 Å². The van der Waals surface area contributed by atoms with E-state index >= 15 is 0 Å². The van der Waals surface area contributed by atoms with Gasteiger partial charge in [0.1, 0.15) is 9.84 Å². The molecule has 0 bridgehead atoms. The van der Waals surface area contributed by atoms with Crippen LogP contribution in [0.4, 0.5) is 5.69 Å². The van der Waals surface area contributed by atoms with Gasteiger partial charge in [-0.15, -0.1) is 0 Å². The maximum atomic E-state index is 11.2. The van der Waals surface area contributed by atoms with Gasteiger partial charge in [0.15, 0.2) is 0 Å². The first-order valence-electron chi connectivity index (χ1n) is 6.07. The Morgan fingerprint density at radius 2 is 1.78 bits per heavy atom. The minimum Gasteiger partial charge on any atom is -0.368 e. The number of rotatable bonds is 6. The van der Waals surface area contributed by atoms with E-state index in [9.17, 15) is 8.42 Å². The first kappa shape index (κ1) is 15.0. The third-order valence-electron chi connectivity index (χ3n) is 2.83. The van der Waals surface area contributed by atoms with Crippen LogP contribution >= 0.6 is 0 Å². The third-order valence-corrected chi connectivity index (χ3v) is 3.75. The maximum absolute atomic E-state index is 11.2. The molecular weight excluding hydrogens is 248 g/mol. The summed E-state index contributed by atoms with van der Waals surface area (Å²) in [7, 11) is -2.94. The van der Waals surface area contributed by atoms with Crippen molar-refractivity contribution in [2.75, 3.05) is 23.5 Å². The average Bonchev–Trinajstić information content (AvgIpc) is 2.28. The van der Waals surface area contributed by atoms with E-state index in [0.29, 0.717) is 13.1 Å². The van der Waals surface area contributed by atoms with Gasteiger partial charge in [0.05, 0.1) is 5.75 Å². The van der Waals surface area contributed by atoms with Gasteiger partial charge in [-0.3, -0.25) is 0 Å². The predicted octanol–water partition coefficient (Wildman–Crippen LogP) is 1.40. The maximum Gasteiger partial charge on any atom is 0.149 e. The fraction of sp³-hybridized carbons (Fsp3) is 0.538. The van der Waals surface area contributed by atoms with Crippen LogP contribution in [0.15, 0.2) is 24.3 Å². The summed E-state index contributed by atoms with van der Waals surface area (Å²) in [5.41, 5.74) is 7.67. The lowest BCUT2D eigenvalue weighted by molar-refractivity contribution is 0.598. The Hall–Kier alpha value is -1.07. The van der Waals surface area contributed by atoms with Gasteiger partial charge in [0.2, 0.25) is 0 Å². The molecule has 0 heterocycles. The van der Waals surface area contributed by atoms with Crippen LogP contribution < -0.4 is 10.6 Å². The van der Waals surface area contributed by atoms with E-state index in [1.165, 1.54) is 6.26 Å². The van der Waals surface area contributed by atoms with Crippen molar-refractivity contribution in [1.82, 2.24) is 0 Å². The monoisotopic (exact) mass is 270 g/mol. The van der Waals surface area contributed by atoms with Crippen molar-refractivity contribution < 1.29 is 8.42 Å². The third kappa shape index (κ3) is 4.66. The Kier molecular flexibility index (Phi) is 5.16. The minimum absolute atomic E-state index is 0.170. The highest BCUT2D eigenvalue weighted by molar-refractivity contribution is 7.90. The summed E-state index contributed by atoms with van der Waals surface area (Å²) < 4.78 is 22.5. The van der Waals surface area contributed by atoms with E-state index in [4.69, 9.17) is 5.73 Å². The number of anilines is 1. The lowest BCUT2D eigenvalue weighted by Crippen LogP contribution is -2.35. The van der Waals surface area contributed by atoms with Gasteiger partial charge in [-0.2, -0.15) is 0 Å². The van der Waals surface area contributed by atoms with Gasteiger partial charge >= 0.3 is 0 Å². The van der Waals surface area contributed by atoms with Crippen molar-refractivity contribution >= 4 is 15.5 Å². The largest absolute Gasteiger partial charge is 0.368 e. The van der Waals surface area contributed by atoms with Crippen LogP contribution in [0.2, 0.25) is 0 Å². The Morgan fingerprint density at radius 3 is 2.17 bits per heavy atom. The molecule has 0 aromatic heterocycles. The van der Waals surface area contributed by atoms with Gasteiger partial charge in [0.25, 0.3) is 0 Å². The standard InChI is InChI=1S/C13H22N2O2S/c1-11(2)15(8-9-18(3,16)17)13-6-4-12(10-14)5-7-13/h4-7,11H,8-10,14H2,1-3H3. The van der Waals surface area contributed by atoms with Crippen molar-refractivity contribution in [2.45, 2.75) is 26.4 Å². The molecule has 0 radical (unpaired) electrons. The van der Waals surface area contributed by atoms with Crippen molar-refractivity contribution in [3.8, 4) is 0 Å². The van der Waals surface area contributed by atoms with E-state index in [2.05, 4.69) is 18.7 Å². The molecule has 1 aromatic carbocycles. The van der Waals surface area contributed by atoms with E-state index < -0.39 is 9.84 Å². The number of nitrogens with zero attached hydrogens (tertiary/aromatic N) is 1. The van der Waals surface area contributed by atoms with Crippen LogP contribution in [0.1, 0.15) is 19.4 Å². The smallest absolute Gasteiger partial charge is 0.149 e. The van der Waals surface area contributed by atoms with Gasteiger partial charge in [-0.1, -0.05) is 12.1 Å². The van der Waals surface area contributed by atoms with Gasteiger partial charge in [-0.25, -0.2) is 8.42 Å². The minimum atomic E-state index is -2.94. The van der Waals surface area contributed by atoms with Gasteiger partial charge in [0, 0.05) is 31.1 Å². The fourth-order valence-electron chi connectivity index (χ4n) is 1.77. The molecule has 0 unspecified atom stereocenters. The molecule has 0 amide bonds. The molecule has 0 saturated carbocycles. The molecule has 102 valence electrons. The molecule has 4 nitrogen and oxygen atoms in total. The van der Waals surface area contributed by atoms with E-state index in [1.54, 1.807) is 0 Å². The molecule has 2 N–H and O–H groups in total. The Balaban J connectivity index is 2.83. The highest BCUT2D eigenvalue weighted by Gasteiger charge is 2.13. The van der Waals surface area contributed by atoms with E-state index in [-0.39, 0.29) is 11.8 Å². The number of nitrogens with two attached hydrogens (primary N) is 1. The number of sulfone groups is 1. The number of hydrogen-bond acceptors (Lipinski definition) is 4. The molecule has 0 aliphatic heterocycles. The van der Waals surface area contributed by atoms with Gasteiger partial charge < -0.3 is 10.6 Å². The van der Waals surface area contributed by atoms with Crippen molar-refractivity contribution in [3.05, 3.63) is 29.8 Å². The van der Waals surface area contributed by atoms with Crippen molar-refractivity contribution in [3.63, 3.8) is 0 Å². The SMILES string of the molecule is CC(C)N(CCS(C)(=O)=O)c1ccc(CN)cc1. The number of hydrogen-bond donors (Lipinski definition) is 1. The lowest BCUT2D eigenvalue weighted by atomic mass is 10.1. The summed E-state index contributed by atoms with van der Waals surface area (Å²) in [4.78, 5) is 2.08. The summed E-state index contributed by atoms with van der Waals surface area (Å²) >= 11 is 0. The van der Waals surface area contributed by atoms with Crippen LogP contribution in [0.3, 0.4) is 0 Å². The summed E-state index contributed by atoms with van der Waals surface area (Å²) in [6, 6.07) is 8.20. The second kappa shape index (κ2) is 6.20. The van der Waals surface area contributed by atoms with Crippen LogP contribution in [0.25, 0.3) is 0 Å². The van der Waals surface area contributed by atoms with Crippen LogP contribution in [-0.2, 0) is 16.4 Å². The molecule has 18 heavy (non-hydrogen) atoms.